The van der Waals surface area contributed by atoms with Gasteiger partial charge in [-0.2, -0.15) is 0 Å². The molecule has 0 aromatic heterocycles. The van der Waals surface area contributed by atoms with E-state index in [1.54, 1.807) is 0 Å². The summed E-state index contributed by atoms with van der Waals surface area (Å²) in [4.78, 5) is 22.5. The molecule has 0 aliphatic heterocycles. The highest BCUT2D eigenvalue weighted by Gasteiger charge is 2.38. The van der Waals surface area contributed by atoms with Crippen molar-refractivity contribution in [2.45, 2.75) is 5.60 Å². The van der Waals surface area contributed by atoms with Gasteiger partial charge in [0.15, 0.2) is 0 Å². The zero-order valence-corrected chi connectivity index (χ0v) is 9.21. The zero-order chi connectivity index (χ0) is 13.1. The molecule has 90 valence electrons. The maximum atomic E-state index is 11.5. The minimum atomic E-state index is -2.16. The average molecular weight is 236 g/mol. The number of aromatic carboxylic acids is 1. The largest absolute Gasteiger partial charge is 0.478 e. The van der Waals surface area contributed by atoms with E-state index in [0.29, 0.717) is 0 Å². The standard InChI is InChI=1S/C12H12O5/c1-3-12(16,11(15)17-2)9-7-5-4-6-8(9)10(13)14/h3-7,16H,1H2,2H3,(H,13,14). The summed E-state index contributed by atoms with van der Waals surface area (Å²) in [5.74, 6) is -2.23. The van der Waals surface area contributed by atoms with Crippen LogP contribution in [0.3, 0.4) is 0 Å². The highest BCUT2D eigenvalue weighted by molar-refractivity contribution is 5.94. The molecule has 1 rings (SSSR count). The number of carboxylic acid groups (broad SMARTS) is 1. The number of esters is 1. The predicted octanol–water partition coefficient (Wildman–Crippen LogP) is 0.931. The molecule has 0 aliphatic rings. The van der Waals surface area contributed by atoms with Crippen molar-refractivity contribution in [2.24, 2.45) is 0 Å². The van der Waals surface area contributed by atoms with Crippen LogP contribution in [0.5, 0.6) is 0 Å². The molecule has 1 atom stereocenters. The molecule has 5 heteroatoms. The van der Waals surface area contributed by atoms with Gasteiger partial charge in [0.05, 0.1) is 12.7 Å². The molecule has 1 aromatic rings. The predicted molar refractivity (Wildman–Crippen MR) is 59.5 cm³/mol. The average Bonchev–Trinajstić information content (AvgIpc) is 2.36. The van der Waals surface area contributed by atoms with Crippen molar-refractivity contribution >= 4 is 11.9 Å². The lowest BCUT2D eigenvalue weighted by molar-refractivity contribution is -0.158. The van der Waals surface area contributed by atoms with Gasteiger partial charge in [0.2, 0.25) is 5.60 Å². The molecular weight excluding hydrogens is 224 g/mol. The van der Waals surface area contributed by atoms with Gasteiger partial charge in [0.25, 0.3) is 0 Å². The molecule has 0 spiro atoms. The summed E-state index contributed by atoms with van der Waals surface area (Å²) in [6.07, 6.45) is 0.945. The lowest BCUT2D eigenvalue weighted by atomic mass is 9.90. The molecule has 0 fully saturated rings. The summed E-state index contributed by atoms with van der Waals surface area (Å²) in [7, 11) is 1.10. The summed E-state index contributed by atoms with van der Waals surface area (Å²) in [6, 6.07) is 5.63. The smallest absolute Gasteiger partial charge is 0.346 e. The first-order valence-electron chi connectivity index (χ1n) is 4.74. The van der Waals surface area contributed by atoms with E-state index in [2.05, 4.69) is 11.3 Å². The summed E-state index contributed by atoms with van der Waals surface area (Å²) in [5, 5.41) is 19.1. The molecule has 1 aromatic carbocycles. The van der Waals surface area contributed by atoms with Crippen LogP contribution in [-0.2, 0) is 15.1 Å². The zero-order valence-electron chi connectivity index (χ0n) is 9.21. The van der Waals surface area contributed by atoms with Gasteiger partial charge in [-0.25, -0.2) is 9.59 Å². The van der Waals surface area contributed by atoms with Crippen molar-refractivity contribution in [3.63, 3.8) is 0 Å². The Morgan fingerprint density at radius 1 is 1.41 bits per heavy atom. The second kappa shape index (κ2) is 4.80. The van der Waals surface area contributed by atoms with Crippen LogP contribution in [-0.4, -0.2) is 29.3 Å². The molecule has 0 saturated carbocycles. The van der Waals surface area contributed by atoms with Crippen LogP contribution >= 0.6 is 0 Å². The number of hydrogen-bond acceptors (Lipinski definition) is 4. The van der Waals surface area contributed by atoms with Crippen LogP contribution in [0.2, 0.25) is 0 Å². The lowest BCUT2D eigenvalue weighted by Gasteiger charge is -2.23. The Bertz CT molecular complexity index is 466. The number of carbonyl (C=O) groups is 2. The number of methoxy groups -OCH3 is 1. The van der Waals surface area contributed by atoms with Gasteiger partial charge >= 0.3 is 11.9 Å². The highest BCUT2D eigenvalue weighted by atomic mass is 16.5. The molecule has 0 bridgehead atoms. The normalized spacial score (nSPS) is 13.5. The second-order valence-electron chi connectivity index (χ2n) is 3.31. The summed E-state index contributed by atoms with van der Waals surface area (Å²) >= 11 is 0. The van der Waals surface area contributed by atoms with E-state index in [4.69, 9.17) is 5.11 Å². The fraction of sp³-hybridized carbons (Fsp3) is 0.167. The summed E-state index contributed by atoms with van der Waals surface area (Å²) in [6.45, 7) is 3.33. The molecule has 0 saturated heterocycles. The van der Waals surface area contributed by atoms with Crippen LogP contribution in [0.4, 0.5) is 0 Å². The van der Waals surface area contributed by atoms with Crippen LogP contribution in [0.1, 0.15) is 15.9 Å². The van der Waals surface area contributed by atoms with Crippen molar-refractivity contribution in [1.29, 1.82) is 0 Å². The Kier molecular flexibility index (Phi) is 3.65. The van der Waals surface area contributed by atoms with E-state index in [0.717, 1.165) is 13.2 Å². The van der Waals surface area contributed by atoms with Gasteiger partial charge in [0, 0.05) is 5.56 Å². The fourth-order valence-corrected chi connectivity index (χ4v) is 1.46. The van der Waals surface area contributed by atoms with Crippen LogP contribution < -0.4 is 0 Å². The van der Waals surface area contributed by atoms with Crippen molar-refractivity contribution in [3.05, 3.63) is 48.0 Å². The minimum Gasteiger partial charge on any atom is -0.478 e. The molecule has 2 N–H and O–H groups in total. The van der Waals surface area contributed by atoms with E-state index in [1.165, 1.54) is 24.3 Å². The third kappa shape index (κ3) is 2.19. The van der Waals surface area contributed by atoms with Gasteiger partial charge in [-0.3, -0.25) is 0 Å². The van der Waals surface area contributed by atoms with Crippen molar-refractivity contribution in [3.8, 4) is 0 Å². The Balaban J connectivity index is 3.44. The topological polar surface area (TPSA) is 83.8 Å². The van der Waals surface area contributed by atoms with Gasteiger partial charge < -0.3 is 14.9 Å². The van der Waals surface area contributed by atoms with E-state index in [-0.39, 0.29) is 11.1 Å². The molecular formula is C12H12O5. The number of carboxylic acids is 1. The van der Waals surface area contributed by atoms with Crippen molar-refractivity contribution in [1.82, 2.24) is 0 Å². The van der Waals surface area contributed by atoms with Gasteiger partial charge in [0.1, 0.15) is 0 Å². The van der Waals surface area contributed by atoms with Crippen LogP contribution in [0.25, 0.3) is 0 Å². The Morgan fingerprint density at radius 2 is 2.00 bits per heavy atom. The SMILES string of the molecule is C=CC(O)(C(=O)OC)c1ccccc1C(=O)O. The van der Waals surface area contributed by atoms with E-state index in [1.807, 2.05) is 0 Å². The lowest BCUT2D eigenvalue weighted by Crippen LogP contribution is -2.36. The summed E-state index contributed by atoms with van der Waals surface area (Å²) < 4.78 is 4.44. The quantitative estimate of drug-likeness (QED) is 0.600. The van der Waals surface area contributed by atoms with Crippen molar-refractivity contribution < 1.29 is 24.5 Å². The third-order valence-corrected chi connectivity index (χ3v) is 2.36. The molecule has 1 unspecified atom stereocenters. The maximum Gasteiger partial charge on any atom is 0.346 e. The Hall–Kier alpha value is -2.14. The number of hydrogen-bond donors (Lipinski definition) is 2. The molecule has 0 radical (unpaired) electrons. The monoisotopic (exact) mass is 236 g/mol. The molecule has 0 aliphatic carbocycles. The second-order valence-corrected chi connectivity index (χ2v) is 3.31. The highest BCUT2D eigenvalue weighted by Crippen LogP contribution is 2.27. The first-order valence-corrected chi connectivity index (χ1v) is 4.74. The first-order chi connectivity index (χ1) is 7.97. The Labute approximate surface area is 98.0 Å². The minimum absolute atomic E-state index is 0.0747. The first kappa shape index (κ1) is 12.9. The molecule has 5 nitrogen and oxygen atoms in total. The number of ether oxygens (including phenoxy) is 1. The summed E-state index contributed by atoms with van der Waals surface area (Å²) in [5.41, 5.74) is -2.42. The number of aliphatic hydroxyl groups is 1. The van der Waals surface area contributed by atoms with E-state index in [9.17, 15) is 14.7 Å². The molecule has 17 heavy (non-hydrogen) atoms. The number of rotatable bonds is 4. The maximum absolute atomic E-state index is 11.5. The van der Waals surface area contributed by atoms with Crippen LogP contribution in [0, 0.1) is 0 Å². The van der Waals surface area contributed by atoms with Gasteiger partial charge in [-0.1, -0.05) is 24.8 Å². The third-order valence-electron chi connectivity index (χ3n) is 2.36. The van der Waals surface area contributed by atoms with E-state index < -0.39 is 17.5 Å². The number of carbonyl (C=O) groups excluding carboxylic acids is 1. The van der Waals surface area contributed by atoms with Gasteiger partial charge in [-0.05, 0) is 12.1 Å². The van der Waals surface area contributed by atoms with E-state index >= 15 is 0 Å². The fourth-order valence-electron chi connectivity index (χ4n) is 1.46. The van der Waals surface area contributed by atoms with Crippen molar-refractivity contribution in [2.75, 3.05) is 7.11 Å². The molecule has 0 heterocycles. The number of benzene rings is 1. The van der Waals surface area contributed by atoms with Crippen LogP contribution in [0.15, 0.2) is 36.9 Å². The van der Waals surface area contributed by atoms with Gasteiger partial charge in [-0.15, -0.1) is 0 Å². The molecule has 0 amide bonds. The Morgan fingerprint density at radius 3 is 2.47 bits per heavy atom.